The van der Waals surface area contributed by atoms with Gasteiger partial charge in [0.2, 0.25) is 0 Å². The molecule has 0 aliphatic heterocycles. The summed E-state index contributed by atoms with van der Waals surface area (Å²) in [6, 6.07) is 16.8. The Morgan fingerprint density at radius 2 is 1.89 bits per heavy atom. The zero-order chi connectivity index (χ0) is 13.1. The second-order valence-electron chi connectivity index (χ2n) is 4.74. The third-order valence-electron chi connectivity index (χ3n) is 3.25. The van der Waals surface area contributed by atoms with E-state index in [0.29, 0.717) is 0 Å². The van der Waals surface area contributed by atoms with Crippen LogP contribution in [0.15, 0.2) is 60.9 Å². The summed E-state index contributed by atoms with van der Waals surface area (Å²) < 4.78 is 0. The van der Waals surface area contributed by atoms with E-state index >= 15 is 0 Å². The number of hydrogen-bond donors (Lipinski definition) is 1. The number of pyridine rings is 1. The van der Waals surface area contributed by atoms with Crippen LogP contribution in [0, 0.1) is 6.92 Å². The van der Waals surface area contributed by atoms with E-state index in [4.69, 9.17) is 0 Å². The molecule has 0 fully saturated rings. The van der Waals surface area contributed by atoms with Crippen molar-refractivity contribution in [2.24, 2.45) is 0 Å². The summed E-state index contributed by atoms with van der Waals surface area (Å²) in [5, 5.41) is 5.90. The maximum atomic E-state index is 4.30. The highest BCUT2D eigenvalue weighted by atomic mass is 14.9. The first-order valence-corrected chi connectivity index (χ1v) is 6.45. The minimum absolute atomic E-state index is 0.789. The number of aromatic nitrogens is 1. The van der Waals surface area contributed by atoms with Crippen LogP contribution in [-0.4, -0.2) is 4.98 Å². The molecule has 3 rings (SSSR count). The van der Waals surface area contributed by atoms with Gasteiger partial charge in [-0.1, -0.05) is 36.4 Å². The Hall–Kier alpha value is -2.35. The molecule has 0 saturated heterocycles. The topological polar surface area (TPSA) is 24.9 Å². The van der Waals surface area contributed by atoms with Crippen LogP contribution in [0.1, 0.15) is 11.1 Å². The third kappa shape index (κ3) is 2.58. The summed E-state index contributed by atoms with van der Waals surface area (Å²) >= 11 is 0. The molecule has 0 saturated carbocycles. The Bertz CT molecular complexity index is 699. The average molecular weight is 248 g/mol. The molecule has 1 N–H and O–H groups in total. The van der Waals surface area contributed by atoms with Crippen LogP contribution in [0.25, 0.3) is 10.8 Å². The number of hydrogen-bond acceptors (Lipinski definition) is 2. The lowest BCUT2D eigenvalue weighted by molar-refractivity contribution is 1.13. The summed E-state index contributed by atoms with van der Waals surface area (Å²) in [4.78, 5) is 4.30. The van der Waals surface area contributed by atoms with Gasteiger partial charge in [-0.25, -0.2) is 0 Å². The van der Waals surface area contributed by atoms with Crippen molar-refractivity contribution < 1.29 is 0 Å². The first-order valence-electron chi connectivity index (χ1n) is 6.45. The molecule has 3 aromatic rings. The van der Waals surface area contributed by atoms with Crippen molar-refractivity contribution in [1.29, 1.82) is 0 Å². The Balaban J connectivity index is 1.86. The van der Waals surface area contributed by atoms with Crippen LogP contribution >= 0.6 is 0 Å². The van der Waals surface area contributed by atoms with Gasteiger partial charge in [-0.05, 0) is 35.6 Å². The number of nitrogens with zero attached hydrogens (tertiary/aromatic N) is 1. The van der Waals surface area contributed by atoms with Gasteiger partial charge in [0.1, 0.15) is 0 Å². The fraction of sp³-hybridized carbons (Fsp3) is 0.118. The molecule has 0 atom stereocenters. The number of aryl methyl sites for hydroxylation is 1. The Morgan fingerprint density at radius 1 is 1.00 bits per heavy atom. The molecule has 0 amide bonds. The predicted molar refractivity (Wildman–Crippen MR) is 80.2 cm³/mol. The lowest BCUT2D eigenvalue weighted by atomic mass is 10.1. The summed E-state index contributed by atoms with van der Waals surface area (Å²) in [6.45, 7) is 2.89. The normalized spacial score (nSPS) is 10.6. The highest BCUT2D eigenvalue weighted by molar-refractivity contribution is 5.84. The lowest BCUT2D eigenvalue weighted by Crippen LogP contribution is -2.00. The predicted octanol–water partition coefficient (Wildman–Crippen LogP) is 4.16. The van der Waals surface area contributed by atoms with Crippen molar-refractivity contribution in [3.8, 4) is 0 Å². The van der Waals surface area contributed by atoms with E-state index < -0.39 is 0 Å². The van der Waals surface area contributed by atoms with Crippen molar-refractivity contribution in [2.75, 3.05) is 5.32 Å². The Morgan fingerprint density at radius 3 is 2.79 bits per heavy atom. The van der Waals surface area contributed by atoms with Gasteiger partial charge in [-0.15, -0.1) is 0 Å². The van der Waals surface area contributed by atoms with Gasteiger partial charge in [0.05, 0.1) is 0 Å². The van der Waals surface area contributed by atoms with E-state index in [9.17, 15) is 0 Å². The molecule has 0 bridgehead atoms. The van der Waals surface area contributed by atoms with Crippen LogP contribution in [0.2, 0.25) is 0 Å². The molecule has 0 radical (unpaired) electrons. The maximum Gasteiger partial charge on any atom is 0.0422 e. The van der Waals surface area contributed by atoms with Crippen LogP contribution < -0.4 is 5.32 Å². The molecule has 94 valence electrons. The number of rotatable bonds is 3. The van der Waals surface area contributed by atoms with Gasteiger partial charge in [-0.3, -0.25) is 4.98 Å². The Kier molecular flexibility index (Phi) is 3.15. The quantitative estimate of drug-likeness (QED) is 0.753. The van der Waals surface area contributed by atoms with Crippen molar-refractivity contribution in [2.45, 2.75) is 13.5 Å². The van der Waals surface area contributed by atoms with Gasteiger partial charge in [-0.2, -0.15) is 0 Å². The molecule has 2 aromatic carbocycles. The van der Waals surface area contributed by atoms with E-state index in [1.54, 1.807) is 0 Å². The van der Waals surface area contributed by atoms with Gasteiger partial charge in [0, 0.05) is 30.0 Å². The van der Waals surface area contributed by atoms with Gasteiger partial charge >= 0.3 is 0 Å². The maximum absolute atomic E-state index is 4.30. The lowest BCUT2D eigenvalue weighted by Gasteiger charge is -2.09. The van der Waals surface area contributed by atoms with Gasteiger partial charge in [0.25, 0.3) is 0 Å². The minimum Gasteiger partial charge on any atom is -0.381 e. The first-order chi connectivity index (χ1) is 9.33. The third-order valence-corrected chi connectivity index (χ3v) is 3.25. The van der Waals surface area contributed by atoms with Crippen LogP contribution in [0.4, 0.5) is 5.69 Å². The molecular weight excluding hydrogens is 232 g/mol. The van der Waals surface area contributed by atoms with Crippen LogP contribution in [0.5, 0.6) is 0 Å². The molecule has 0 unspecified atom stereocenters. The van der Waals surface area contributed by atoms with Crippen molar-refractivity contribution in [1.82, 2.24) is 4.98 Å². The van der Waals surface area contributed by atoms with E-state index in [2.05, 4.69) is 59.7 Å². The smallest absolute Gasteiger partial charge is 0.0422 e. The van der Waals surface area contributed by atoms with Gasteiger partial charge in [0.15, 0.2) is 0 Å². The number of benzene rings is 2. The molecular formula is C17H16N2. The molecule has 1 heterocycles. The fourth-order valence-corrected chi connectivity index (χ4v) is 2.27. The zero-order valence-electron chi connectivity index (χ0n) is 10.9. The van der Waals surface area contributed by atoms with Crippen LogP contribution in [0.3, 0.4) is 0 Å². The highest BCUT2D eigenvalue weighted by Crippen LogP contribution is 2.18. The molecule has 2 heteroatoms. The van der Waals surface area contributed by atoms with E-state index in [-0.39, 0.29) is 0 Å². The van der Waals surface area contributed by atoms with Gasteiger partial charge < -0.3 is 5.32 Å². The Labute approximate surface area is 113 Å². The molecule has 0 spiro atoms. The van der Waals surface area contributed by atoms with Crippen molar-refractivity contribution >= 4 is 16.5 Å². The number of fused-ring (bicyclic) bond motifs is 1. The van der Waals surface area contributed by atoms with E-state index in [1.165, 1.54) is 21.9 Å². The van der Waals surface area contributed by atoms with E-state index in [0.717, 1.165) is 12.2 Å². The zero-order valence-corrected chi connectivity index (χ0v) is 10.9. The minimum atomic E-state index is 0.789. The largest absolute Gasteiger partial charge is 0.381 e. The fourth-order valence-electron chi connectivity index (χ4n) is 2.27. The molecule has 2 nitrogen and oxygen atoms in total. The highest BCUT2D eigenvalue weighted by Gasteiger charge is 2.01. The molecule has 0 aliphatic carbocycles. The monoisotopic (exact) mass is 248 g/mol. The van der Waals surface area contributed by atoms with Crippen LogP contribution in [-0.2, 0) is 6.54 Å². The number of nitrogens with one attached hydrogen (secondary N) is 1. The first kappa shape index (κ1) is 11.7. The SMILES string of the molecule is Cc1cccc(NCc2cncc3ccccc23)c1. The van der Waals surface area contributed by atoms with Crippen molar-refractivity contribution in [3.63, 3.8) is 0 Å². The molecule has 0 aliphatic rings. The average Bonchev–Trinajstić information content (AvgIpc) is 2.45. The molecule has 19 heavy (non-hydrogen) atoms. The summed E-state index contributed by atoms with van der Waals surface area (Å²) in [6.07, 6.45) is 3.84. The molecule has 1 aromatic heterocycles. The summed E-state index contributed by atoms with van der Waals surface area (Å²) in [5.41, 5.74) is 3.63. The summed E-state index contributed by atoms with van der Waals surface area (Å²) in [7, 11) is 0. The van der Waals surface area contributed by atoms with Crippen molar-refractivity contribution in [3.05, 3.63) is 72.1 Å². The standard InChI is InChI=1S/C17H16N2/c1-13-5-4-7-16(9-13)19-12-15-11-18-10-14-6-2-3-8-17(14)15/h2-11,19H,12H2,1H3. The second-order valence-corrected chi connectivity index (χ2v) is 4.74. The summed E-state index contributed by atoms with van der Waals surface area (Å²) in [5.74, 6) is 0. The second kappa shape index (κ2) is 5.11. The number of anilines is 1. The van der Waals surface area contributed by atoms with E-state index in [1.807, 2.05) is 18.5 Å².